The van der Waals surface area contributed by atoms with Gasteiger partial charge in [0.1, 0.15) is 17.3 Å². The Morgan fingerprint density at radius 3 is 2.66 bits per heavy atom. The third-order valence-electron chi connectivity index (χ3n) is 3.79. The Bertz CT molecular complexity index is 1020. The first kappa shape index (κ1) is 20.6. The lowest BCUT2D eigenvalue weighted by molar-refractivity contribution is -0.118. The standard InChI is InChI=1S/C20H16Cl2N2O5/c21-13-4-6-18(15(22)9-13)29-11-19(26)24-16-8-12(3-5-17(16)25)20(27)23-10-14-2-1-7-28-14/h1-9,25H,10-11H2,(H,23,27)(H,24,26). The van der Waals surface area contributed by atoms with Crippen LogP contribution in [-0.4, -0.2) is 23.5 Å². The zero-order valence-electron chi connectivity index (χ0n) is 14.9. The van der Waals surface area contributed by atoms with E-state index in [0.717, 1.165) is 0 Å². The zero-order chi connectivity index (χ0) is 20.8. The number of furan rings is 1. The second kappa shape index (κ2) is 9.36. The van der Waals surface area contributed by atoms with Gasteiger partial charge in [0.25, 0.3) is 11.8 Å². The van der Waals surface area contributed by atoms with Gasteiger partial charge in [0.05, 0.1) is 23.5 Å². The molecule has 0 atom stereocenters. The van der Waals surface area contributed by atoms with Crippen molar-refractivity contribution in [1.29, 1.82) is 0 Å². The van der Waals surface area contributed by atoms with Crippen LogP contribution in [0.25, 0.3) is 0 Å². The molecule has 2 amide bonds. The molecule has 29 heavy (non-hydrogen) atoms. The molecule has 0 spiro atoms. The fourth-order valence-corrected chi connectivity index (χ4v) is 2.84. The van der Waals surface area contributed by atoms with Crippen molar-refractivity contribution < 1.29 is 23.8 Å². The number of rotatable bonds is 7. The van der Waals surface area contributed by atoms with Crippen molar-refractivity contribution in [3.05, 3.63) is 76.2 Å². The van der Waals surface area contributed by atoms with Gasteiger partial charge in [-0.05, 0) is 48.5 Å². The molecule has 0 aliphatic carbocycles. The molecule has 7 nitrogen and oxygen atoms in total. The minimum absolute atomic E-state index is 0.0754. The fourth-order valence-electron chi connectivity index (χ4n) is 2.38. The Morgan fingerprint density at radius 1 is 1.10 bits per heavy atom. The average Bonchev–Trinajstić information content (AvgIpc) is 3.21. The van der Waals surface area contributed by atoms with Crippen LogP contribution >= 0.6 is 23.2 Å². The average molecular weight is 435 g/mol. The summed E-state index contributed by atoms with van der Waals surface area (Å²) in [6, 6.07) is 12.2. The molecule has 0 saturated carbocycles. The molecule has 1 heterocycles. The molecule has 0 fully saturated rings. The molecule has 0 saturated heterocycles. The van der Waals surface area contributed by atoms with Crippen molar-refractivity contribution in [3.8, 4) is 11.5 Å². The van der Waals surface area contributed by atoms with Crippen molar-refractivity contribution in [2.75, 3.05) is 11.9 Å². The van der Waals surface area contributed by atoms with Crippen LogP contribution in [-0.2, 0) is 11.3 Å². The van der Waals surface area contributed by atoms with Gasteiger partial charge in [-0.2, -0.15) is 0 Å². The second-order valence-electron chi connectivity index (χ2n) is 5.91. The number of carbonyl (C=O) groups excluding carboxylic acids is 2. The number of ether oxygens (including phenoxy) is 1. The lowest BCUT2D eigenvalue weighted by Crippen LogP contribution is -2.23. The SMILES string of the molecule is O=C(COc1ccc(Cl)cc1Cl)Nc1cc(C(=O)NCc2ccco2)ccc1O. The highest BCUT2D eigenvalue weighted by atomic mass is 35.5. The molecule has 1 aromatic heterocycles. The van der Waals surface area contributed by atoms with E-state index in [4.69, 9.17) is 32.4 Å². The Labute approximate surface area is 176 Å². The van der Waals surface area contributed by atoms with E-state index in [9.17, 15) is 14.7 Å². The first-order valence-electron chi connectivity index (χ1n) is 8.43. The van der Waals surface area contributed by atoms with Crippen LogP contribution in [0.4, 0.5) is 5.69 Å². The van der Waals surface area contributed by atoms with E-state index in [0.29, 0.717) is 16.5 Å². The Kier molecular flexibility index (Phi) is 6.64. The molecule has 0 aliphatic rings. The highest BCUT2D eigenvalue weighted by Gasteiger charge is 2.13. The summed E-state index contributed by atoms with van der Waals surface area (Å²) in [5.74, 6) is -0.226. The topological polar surface area (TPSA) is 101 Å². The van der Waals surface area contributed by atoms with Crippen LogP contribution in [0.1, 0.15) is 16.1 Å². The van der Waals surface area contributed by atoms with Crippen LogP contribution in [0.5, 0.6) is 11.5 Å². The number of anilines is 1. The largest absolute Gasteiger partial charge is 0.506 e. The van der Waals surface area contributed by atoms with Crippen LogP contribution in [0, 0.1) is 0 Å². The lowest BCUT2D eigenvalue weighted by Gasteiger charge is -2.11. The van der Waals surface area contributed by atoms with E-state index >= 15 is 0 Å². The molecule has 2 aromatic carbocycles. The maximum absolute atomic E-state index is 12.3. The first-order valence-corrected chi connectivity index (χ1v) is 9.19. The van der Waals surface area contributed by atoms with Gasteiger partial charge in [-0.3, -0.25) is 9.59 Å². The molecule has 3 N–H and O–H groups in total. The van der Waals surface area contributed by atoms with Crippen molar-refractivity contribution in [2.24, 2.45) is 0 Å². The van der Waals surface area contributed by atoms with E-state index in [1.807, 2.05) is 0 Å². The van der Waals surface area contributed by atoms with Crippen LogP contribution in [0.3, 0.4) is 0 Å². The molecule has 150 valence electrons. The van der Waals surface area contributed by atoms with Gasteiger partial charge >= 0.3 is 0 Å². The number of halogens is 2. The first-order chi connectivity index (χ1) is 13.9. The minimum Gasteiger partial charge on any atom is -0.506 e. The predicted octanol–water partition coefficient (Wildman–Crippen LogP) is 4.24. The number of aromatic hydroxyl groups is 1. The summed E-state index contributed by atoms with van der Waals surface area (Å²) < 4.78 is 10.5. The van der Waals surface area contributed by atoms with Crippen molar-refractivity contribution >= 4 is 40.7 Å². The molecule has 9 heteroatoms. The number of nitrogens with one attached hydrogen (secondary N) is 2. The van der Waals surface area contributed by atoms with Crippen LogP contribution in [0.2, 0.25) is 10.0 Å². The molecular formula is C20H16Cl2N2O5. The number of phenolic OH excluding ortho intramolecular Hbond substituents is 1. The van der Waals surface area contributed by atoms with Gasteiger partial charge in [0.2, 0.25) is 0 Å². The maximum atomic E-state index is 12.3. The lowest BCUT2D eigenvalue weighted by atomic mass is 10.1. The third kappa shape index (κ3) is 5.66. The smallest absolute Gasteiger partial charge is 0.262 e. The summed E-state index contributed by atoms with van der Waals surface area (Å²) in [5.41, 5.74) is 0.331. The molecule has 0 aliphatic heterocycles. The molecular weight excluding hydrogens is 419 g/mol. The van der Waals surface area contributed by atoms with Gasteiger partial charge in [-0.25, -0.2) is 0 Å². The van der Waals surface area contributed by atoms with Gasteiger partial charge in [0.15, 0.2) is 6.61 Å². The Balaban J connectivity index is 1.60. The van der Waals surface area contributed by atoms with Gasteiger partial charge in [0, 0.05) is 10.6 Å². The summed E-state index contributed by atoms with van der Waals surface area (Å²) in [6.45, 7) is -0.139. The van der Waals surface area contributed by atoms with Gasteiger partial charge in [-0.1, -0.05) is 23.2 Å². The maximum Gasteiger partial charge on any atom is 0.262 e. The van der Waals surface area contributed by atoms with E-state index in [1.54, 1.807) is 24.3 Å². The minimum atomic E-state index is -0.542. The third-order valence-corrected chi connectivity index (χ3v) is 4.32. The van der Waals surface area contributed by atoms with Gasteiger partial charge in [-0.15, -0.1) is 0 Å². The van der Waals surface area contributed by atoms with E-state index in [-0.39, 0.29) is 41.1 Å². The monoisotopic (exact) mass is 434 g/mol. The van der Waals surface area contributed by atoms with Gasteiger partial charge < -0.3 is 24.9 Å². The number of hydrogen-bond acceptors (Lipinski definition) is 5. The van der Waals surface area contributed by atoms with Crippen molar-refractivity contribution in [1.82, 2.24) is 5.32 Å². The number of amides is 2. The zero-order valence-corrected chi connectivity index (χ0v) is 16.5. The number of phenols is 1. The Hall–Kier alpha value is -3.16. The summed E-state index contributed by atoms with van der Waals surface area (Å²) in [4.78, 5) is 24.4. The van der Waals surface area contributed by atoms with E-state index in [2.05, 4.69) is 10.6 Å². The Morgan fingerprint density at radius 2 is 1.93 bits per heavy atom. The summed E-state index contributed by atoms with van der Waals surface area (Å²) in [5, 5.41) is 15.9. The fraction of sp³-hybridized carbons (Fsp3) is 0.100. The van der Waals surface area contributed by atoms with Crippen molar-refractivity contribution in [2.45, 2.75) is 6.54 Å². The molecule has 0 bridgehead atoms. The summed E-state index contributed by atoms with van der Waals surface area (Å²) in [7, 11) is 0. The highest BCUT2D eigenvalue weighted by molar-refractivity contribution is 6.35. The van der Waals surface area contributed by atoms with Crippen LogP contribution < -0.4 is 15.4 Å². The quantitative estimate of drug-likeness (QED) is 0.482. The molecule has 3 aromatic rings. The van der Waals surface area contributed by atoms with E-state index < -0.39 is 5.91 Å². The normalized spacial score (nSPS) is 10.4. The van der Waals surface area contributed by atoms with Crippen molar-refractivity contribution in [3.63, 3.8) is 0 Å². The summed E-state index contributed by atoms with van der Waals surface area (Å²) in [6.07, 6.45) is 1.51. The van der Waals surface area contributed by atoms with E-state index in [1.165, 1.54) is 30.5 Å². The number of carbonyl (C=O) groups is 2. The predicted molar refractivity (Wildman–Crippen MR) is 109 cm³/mol. The summed E-state index contributed by atoms with van der Waals surface area (Å²) >= 11 is 11.8. The second-order valence-corrected chi connectivity index (χ2v) is 6.75. The molecule has 0 radical (unpaired) electrons. The number of benzene rings is 2. The molecule has 0 unspecified atom stereocenters. The van der Waals surface area contributed by atoms with Crippen LogP contribution in [0.15, 0.2) is 59.2 Å². The highest BCUT2D eigenvalue weighted by Crippen LogP contribution is 2.28. The number of hydrogen-bond donors (Lipinski definition) is 3. The molecule has 3 rings (SSSR count).